The van der Waals surface area contributed by atoms with E-state index in [4.69, 9.17) is 9.84 Å². The van der Waals surface area contributed by atoms with E-state index in [2.05, 4.69) is 4.90 Å². The minimum absolute atomic E-state index is 0.148. The van der Waals surface area contributed by atoms with Crippen molar-refractivity contribution in [3.05, 3.63) is 59.7 Å². The Kier molecular flexibility index (Phi) is 6.39. The number of carbonyl (C=O) groups is 1. The highest BCUT2D eigenvalue weighted by Crippen LogP contribution is 2.23. The Labute approximate surface area is 153 Å². The first-order valence-electron chi connectivity index (χ1n) is 9.01. The fourth-order valence-corrected chi connectivity index (χ4v) is 3.15. The number of benzene rings is 2. The molecule has 1 fully saturated rings. The Morgan fingerprint density at radius 3 is 2.15 bits per heavy atom. The summed E-state index contributed by atoms with van der Waals surface area (Å²) in [7, 11) is 0. The molecule has 0 radical (unpaired) electrons. The maximum Gasteiger partial charge on any atom is 0.303 e. The van der Waals surface area contributed by atoms with E-state index in [0.29, 0.717) is 13.0 Å². The van der Waals surface area contributed by atoms with Crippen LogP contribution in [0.15, 0.2) is 48.5 Å². The summed E-state index contributed by atoms with van der Waals surface area (Å²) in [4.78, 5) is 12.9. The maximum absolute atomic E-state index is 10.6. The second-order valence-corrected chi connectivity index (χ2v) is 6.64. The van der Waals surface area contributed by atoms with Crippen LogP contribution in [0.25, 0.3) is 11.1 Å². The quantitative estimate of drug-likeness (QED) is 0.799. The molecule has 0 aliphatic carbocycles. The van der Waals surface area contributed by atoms with E-state index < -0.39 is 12.1 Å². The highest BCUT2D eigenvalue weighted by atomic mass is 16.5. The summed E-state index contributed by atoms with van der Waals surface area (Å²) in [5, 5.41) is 19.2. The fraction of sp³-hybridized carbons (Fsp3) is 0.381. The Hall–Kier alpha value is -2.21. The summed E-state index contributed by atoms with van der Waals surface area (Å²) in [6.07, 6.45) is 0.192. The Morgan fingerprint density at radius 1 is 1.00 bits per heavy atom. The van der Waals surface area contributed by atoms with Crippen LogP contribution in [0.1, 0.15) is 23.7 Å². The number of hydrogen-bond acceptors (Lipinski definition) is 4. The van der Waals surface area contributed by atoms with Crippen LogP contribution < -0.4 is 0 Å². The number of aliphatic carboxylic acids is 1. The van der Waals surface area contributed by atoms with Gasteiger partial charge in [-0.3, -0.25) is 9.69 Å². The van der Waals surface area contributed by atoms with Crippen LogP contribution >= 0.6 is 0 Å². The van der Waals surface area contributed by atoms with Crippen molar-refractivity contribution in [3.63, 3.8) is 0 Å². The van der Waals surface area contributed by atoms with Gasteiger partial charge in [0.25, 0.3) is 0 Å². The largest absolute Gasteiger partial charge is 0.481 e. The molecule has 138 valence electrons. The Morgan fingerprint density at radius 2 is 1.58 bits per heavy atom. The van der Waals surface area contributed by atoms with Crippen molar-refractivity contribution in [2.24, 2.45) is 0 Å². The van der Waals surface area contributed by atoms with E-state index >= 15 is 0 Å². The molecular weight excluding hydrogens is 330 g/mol. The standard InChI is InChI=1S/C21H25NO4/c23-20(15-22-11-13-26-14-12-22)19-8-6-18(7-9-19)17-4-1-16(2-5-17)3-10-21(24)25/h1-2,4-9,20,23H,3,10-15H2,(H,24,25)/t20-/m0/s1. The molecule has 2 aromatic carbocycles. The minimum Gasteiger partial charge on any atom is -0.481 e. The number of nitrogens with zero attached hydrogens (tertiary/aromatic N) is 1. The van der Waals surface area contributed by atoms with Gasteiger partial charge in [-0.25, -0.2) is 0 Å². The van der Waals surface area contributed by atoms with E-state index in [1.807, 2.05) is 48.5 Å². The van der Waals surface area contributed by atoms with E-state index in [-0.39, 0.29) is 6.42 Å². The number of aliphatic hydroxyl groups is 1. The number of rotatable bonds is 7. The van der Waals surface area contributed by atoms with Crippen LogP contribution in [0.5, 0.6) is 0 Å². The van der Waals surface area contributed by atoms with Crippen LogP contribution in [0.3, 0.4) is 0 Å². The first kappa shape index (κ1) is 18.6. The van der Waals surface area contributed by atoms with Crippen LogP contribution in [0, 0.1) is 0 Å². The number of morpholine rings is 1. The van der Waals surface area contributed by atoms with Gasteiger partial charge in [-0.2, -0.15) is 0 Å². The van der Waals surface area contributed by atoms with Crippen molar-refractivity contribution < 1.29 is 19.7 Å². The molecule has 5 nitrogen and oxygen atoms in total. The molecule has 0 unspecified atom stereocenters. The average molecular weight is 355 g/mol. The molecule has 1 saturated heterocycles. The molecule has 1 aliphatic rings. The van der Waals surface area contributed by atoms with Crippen LogP contribution in [0.2, 0.25) is 0 Å². The zero-order chi connectivity index (χ0) is 18.4. The highest BCUT2D eigenvalue weighted by Gasteiger charge is 2.16. The van der Waals surface area contributed by atoms with Gasteiger partial charge in [0.15, 0.2) is 0 Å². The molecule has 1 heterocycles. The summed E-state index contributed by atoms with van der Waals surface area (Å²) >= 11 is 0. The lowest BCUT2D eigenvalue weighted by Gasteiger charge is -2.28. The third-order valence-corrected chi connectivity index (χ3v) is 4.75. The van der Waals surface area contributed by atoms with Gasteiger partial charge in [0.05, 0.1) is 19.3 Å². The highest BCUT2D eigenvalue weighted by molar-refractivity contribution is 5.67. The van der Waals surface area contributed by atoms with Crippen molar-refractivity contribution in [3.8, 4) is 11.1 Å². The number of ether oxygens (including phenoxy) is 1. The van der Waals surface area contributed by atoms with E-state index in [1.54, 1.807) is 0 Å². The Balaban J connectivity index is 1.60. The molecule has 0 bridgehead atoms. The lowest BCUT2D eigenvalue weighted by Crippen LogP contribution is -2.38. The number of carboxylic acids is 1. The number of aryl methyl sites for hydroxylation is 1. The molecule has 0 amide bonds. The van der Waals surface area contributed by atoms with E-state index in [0.717, 1.165) is 48.6 Å². The van der Waals surface area contributed by atoms with Gasteiger partial charge in [0.2, 0.25) is 0 Å². The van der Waals surface area contributed by atoms with Crippen molar-refractivity contribution in [2.45, 2.75) is 18.9 Å². The summed E-state index contributed by atoms with van der Waals surface area (Å²) in [5.74, 6) is -0.777. The summed E-state index contributed by atoms with van der Waals surface area (Å²) in [5.41, 5.74) is 4.10. The normalized spacial score (nSPS) is 16.3. The van der Waals surface area contributed by atoms with Gasteiger partial charge in [0, 0.05) is 26.1 Å². The average Bonchev–Trinajstić information content (AvgIpc) is 2.68. The van der Waals surface area contributed by atoms with Crippen molar-refractivity contribution in [1.82, 2.24) is 4.90 Å². The van der Waals surface area contributed by atoms with E-state index in [9.17, 15) is 9.90 Å². The molecule has 2 aromatic rings. The molecule has 0 spiro atoms. The van der Waals surface area contributed by atoms with Crippen molar-refractivity contribution in [1.29, 1.82) is 0 Å². The topological polar surface area (TPSA) is 70.0 Å². The lowest BCUT2D eigenvalue weighted by atomic mass is 9.99. The predicted molar refractivity (Wildman–Crippen MR) is 100 cm³/mol. The smallest absolute Gasteiger partial charge is 0.303 e. The van der Waals surface area contributed by atoms with Crippen molar-refractivity contribution in [2.75, 3.05) is 32.8 Å². The van der Waals surface area contributed by atoms with Gasteiger partial charge >= 0.3 is 5.97 Å². The molecule has 1 atom stereocenters. The molecule has 5 heteroatoms. The molecular formula is C21H25NO4. The van der Waals surface area contributed by atoms with Gasteiger partial charge in [0.1, 0.15) is 0 Å². The first-order chi connectivity index (χ1) is 12.6. The van der Waals surface area contributed by atoms with Gasteiger partial charge in [-0.1, -0.05) is 48.5 Å². The SMILES string of the molecule is O=C(O)CCc1ccc(-c2ccc([C@@H](O)CN3CCOCC3)cc2)cc1. The van der Waals surface area contributed by atoms with Gasteiger partial charge in [-0.05, 0) is 28.7 Å². The van der Waals surface area contributed by atoms with Crippen molar-refractivity contribution >= 4 is 5.97 Å². The summed E-state index contributed by atoms with van der Waals surface area (Å²) in [6.45, 7) is 3.82. The molecule has 2 N–H and O–H groups in total. The van der Waals surface area contributed by atoms with Crippen LogP contribution in [0.4, 0.5) is 0 Å². The van der Waals surface area contributed by atoms with E-state index in [1.165, 1.54) is 0 Å². The van der Waals surface area contributed by atoms with Gasteiger partial charge < -0.3 is 14.9 Å². The predicted octanol–water partition coefficient (Wildman–Crippen LogP) is 2.74. The molecule has 0 aromatic heterocycles. The summed E-state index contributed by atoms with van der Waals surface area (Å²) in [6, 6.07) is 15.9. The third-order valence-electron chi connectivity index (χ3n) is 4.75. The number of aliphatic hydroxyl groups excluding tert-OH is 1. The maximum atomic E-state index is 10.6. The van der Waals surface area contributed by atoms with Crippen LogP contribution in [-0.2, 0) is 16.0 Å². The zero-order valence-corrected chi connectivity index (χ0v) is 14.8. The number of β-amino-alcohol motifs (C(OH)–C–C–N with tert-alkyl or cyclic N) is 1. The molecule has 0 saturated carbocycles. The summed E-state index contributed by atoms with van der Waals surface area (Å²) < 4.78 is 5.33. The minimum atomic E-state index is -0.777. The second kappa shape index (κ2) is 8.94. The lowest BCUT2D eigenvalue weighted by molar-refractivity contribution is -0.136. The zero-order valence-electron chi connectivity index (χ0n) is 14.8. The fourth-order valence-electron chi connectivity index (χ4n) is 3.15. The second-order valence-electron chi connectivity index (χ2n) is 6.64. The first-order valence-corrected chi connectivity index (χ1v) is 9.01. The number of hydrogen-bond donors (Lipinski definition) is 2. The molecule has 3 rings (SSSR count). The third kappa shape index (κ3) is 5.14. The van der Waals surface area contributed by atoms with Crippen LogP contribution in [-0.4, -0.2) is 53.9 Å². The Bertz CT molecular complexity index is 706. The van der Waals surface area contributed by atoms with Gasteiger partial charge in [-0.15, -0.1) is 0 Å². The molecule has 26 heavy (non-hydrogen) atoms. The monoisotopic (exact) mass is 355 g/mol. The molecule has 1 aliphatic heterocycles. The number of carboxylic acid groups (broad SMARTS) is 1.